The number of allylic oxidation sites excluding steroid dienone is 2. The quantitative estimate of drug-likeness (QED) is 0.234. The van der Waals surface area contributed by atoms with Crippen LogP contribution in [0.15, 0.2) is 12.2 Å². The number of carboxylic acid groups (broad SMARTS) is 1. The Balaban J connectivity index is 2.16. The van der Waals surface area contributed by atoms with E-state index in [2.05, 4.69) is 13.0 Å². The number of rotatable bonds is 16. The van der Waals surface area contributed by atoms with Crippen molar-refractivity contribution in [1.29, 1.82) is 0 Å². The van der Waals surface area contributed by atoms with Crippen LogP contribution in [-0.4, -0.2) is 40.4 Å². The summed E-state index contributed by atoms with van der Waals surface area (Å²) < 4.78 is 0. The van der Waals surface area contributed by atoms with E-state index in [4.69, 9.17) is 10.8 Å². The van der Waals surface area contributed by atoms with E-state index in [1.807, 2.05) is 6.08 Å². The zero-order valence-electron chi connectivity index (χ0n) is 17.4. The second-order valence-corrected chi connectivity index (χ2v) is 7.84. The minimum atomic E-state index is -1.02. The molecule has 6 heteroatoms. The molecule has 0 aromatic rings. The van der Waals surface area contributed by atoms with Gasteiger partial charge in [-0.15, -0.1) is 0 Å². The van der Waals surface area contributed by atoms with Gasteiger partial charge in [-0.25, -0.2) is 0 Å². The van der Waals surface area contributed by atoms with Crippen LogP contribution < -0.4 is 5.73 Å². The molecule has 0 aliphatic carbocycles. The Hall–Kier alpha value is -1.69. The fraction of sp³-hybridized carbons (Fsp3) is 0.773. The summed E-state index contributed by atoms with van der Waals surface area (Å²) in [5.74, 6) is -1.46. The standard InChI is InChI=1S/C22H38N2O4/c1-2-3-4-5-6-7-8-9-10-11-14-18-17-20(25)24(21(18)26)16-13-12-15-19(23)22(27)28/h10-11,18-19H,2-9,12-17,23H2,1H3,(H,27,28)/b11-10+. The van der Waals surface area contributed by atoms with Crippen molar-refractivity contribution in [2.75, 3.05) is 6.54 Å². The Bertz CT molecular complexity index is 519. The van der Waals surface area contributed by atoms with E-state index in [9.17, 15) is 14.4 Å². The summed E-state index contributed by atoms with van der Waals surface area (Å²) in [7, 11) is 0. The molecular weight excluding hydrogens is 356 g/mol. The average molecular weight is 395 g/mol. The summed E-state index contributed by atoms with van der Waals surface area (Å²) in [6.45, 7) is 2.59. The Morgan fingerprint density at radius 3 is 2.46 bits per heavy atom. The number of unbranched alkanes of at least 4 members (excludes halogenated alkanes) is 8. The highest BCUT2D eigenvalue weighted by atomic mass is 16.4. The van der Waals surface area contributed by atoms with Crippen LogP contribution in [0.25, 0.3) is 0 Å². The predicted molar refractivity (Wildman–Crippen MR) is 111 cm³/mol. The number of nitrogens with zero attached hydrogens (tertiary/aromatic N) is 1. The molecule has 0 spiro atoms. The van der Waals surface area contributed by atoms with Gasteiger partial charge in [0.15, 0.2) is 0 Å². The van der Waals surface area contributed by atoms with Crippen molar-refractivity contribution in [1.82, 2.24) is 4.90 Å². The van der Waals surface area contributed by atoms with Gasteiger partial charge in [0.1, 0.15) is 6.04 Å². The first kappa shape index (κ1) is 24.3. The largest absolute Gasteiger partial charge is 0.480 e. The number of carbonyl (C=O) groups is 3. The molecule has 160 valence electrons. The maximum Gasteiger partial charge on any atom is 0.320 e. The summed E-state index contributed by atoms with van der Waals surface area (Å²) >= 11 is 0. The molecule has 1 fully saturated rings. The molecule has 1 heterocycles. The smallest absolute Gasteiger partial charge is 0.320 e. The predicted octanol–water partition coefficient (Wildman–Crippen LogP) is 4.03. The normalized spacial score (nSPS) is 18.4. The van der Waals surface area contributed by atoms with Crippen molar-refractivity contribution in [2.45, 2.75) is 96.4 Å². The van der Waals surface area contributed by atoms with Crippen molar-refractivity contribution in [3.63, 3.8) is 0 Å². The molecule has 28 heavy (non-hydrogen) atoms. The van der Waals surface area contributed by atoms with E-state index in [0.29, 0.717) is 32.2 Å². The molecule has 6 nitrogen and oxygen atoms in total. The van der Waals surface area contributed by atoms with Gasteiger partial charge >= 0.3 is 5.97 Å². The second kappa shape index (κ2) is 14.3. The molecule has 2 atom stereocenters. The lowest BCUT2D eigenvalue weighted by atomic mass is 10.0. The van der Waals surface area contributed by atoms with E-state index in [0.717, 1.165) is 6.42 Å². The maximum absolute atomic E-state index is 12.4. The first-order valence-electron chi connectivity index (χ1n) is 10.9. The van der Waals surface area contributed by atoms with Crippen molar-refractivity contribution in [3.05, 3.63) is 12.2 Å². The molecule has 2 amide bonds. The van der Waals surface area contributed by atoms with Gasteiger partial charge in [0.05, 0.1) is 5.92 Å². The lowest BCUT2D eigenvalue weighted by molar-refractivity contribution is -0.140. The number of hydrogen-bond donors (Lipinski definition) is 2. The van der Waals surface area contributed by atoms with Gasteiger partial charge in [0.2, 0.25) is 11.8 Å². The third-order valence-electron chi connectivity index (χ3n) is 5.36. The Kier molecular flexibility index (Phi) is 12.5. The first-order chi connectivity index (χ1) is 13.5. The van der Waals surface area contributed by atoms with Crippen molar-refractivity contribution >= 4 is 17.8 Å². The number of amides is 2. The second-order valence-electron chi connectivity index (χ2n) is 7.84. The molecule has 0 saturated carbocycles. The van der Waals surface area contributed by atoms with Crippen LogP contribution in [-0.2, 0) is 14.4 Å². The van der Waals surface area contributed by atoms with Crippen LogP contribution >= 0.6 is 0 Å². The van der Waals surface area contributed by atoms with Crippen LogP contribution in [0.2, 0.25) is 0 Å². The first-order valence-corrected chi connectivity index (χ1v) is 10.9. The Morgan fingerprint density at radius 1 is 1.11 bits per heavy atom. The van der Waals surface area contributed by atoms with E-state index in [1.165, 1.54) is 49.8 Å². The molecule has 0 aromatic heterocycles. The monoisotopic (exact) mass is 394 g/mol. The number of carboxylic acids is 1. The molecule has 3 N–H and O–H groups in total. The minimum Gasteiger partial charge on any atom is -0.480 e. The van der Waals surface area contributed by atoms with Crippen LogP contribution in [0.3, 0.4) is 0 Å². The van der Waals surface area contributed by atoms with Gasteiger partial charge in [-0.05, 0) is 38.5 Å². The number of nitrogens with two attached hydrogens (primary N) is 1. The summed E-state index contributed by atoms with van der Waals surface area (Å²) in [4.78, 5) is 36.5. The summed E-state index contributed by atoms with van der Waals surface area (Å²) in [6.07, 6.45) is 16.7. The lowest BCUT2D eigenvalue weighted by Crippen LogP contribution is -2.32. The average Bonchev–Trinajstić information content (AvgIpc) is 2.93. The van der Waals surface area contributed by atoms with Crippen LogP contribution in [0.1, 0.15) is 90.4 Å². The van der Waals surface area contributed by atoms with Gasteiger partial charge in [-0.2, -0.15) is 0 Å². The molecule has 0 aromatic carbocycles. The van der Waals surface area contributed by atoms with Gasteiger partial charge in [-0.1, -0.05) is 57.6 Å². The van der Waals surface area contributed by atoms with Gasteiger partial charge in [-0.3, -0.25) is 19.3 Å². The molecular formula is C22H38N2O4. The highest BCUT2D eigenvalue weighted by Crippen LogP contribution is 2.24. The molecule has 1 aliphatic heterocycles. The molecule has 2 unspecified atom stereocenters. The topological polar surface area (TPSA) is 101 Å². The SMILES string of the molecule is CCCCCCCCC/C=C/CC1CC(=O)N(CCCCC(N)C(=O)O)C1=O. The van der Waals surface area contributed by atoms with E-state index >= 15 is 0 Å². The van der Waals surface area contributed by atoms with Gasteiger partial charge in [0.25, 0.3) is 0 Å². The zero-order chi connectivity index (χ0) is 20.8. The number of hydrogen-bond acceptors (Lipinski definition) is 4. The van der Waals surface area contributed by atoms with Gasteiger partial charge in [0, 0.05) is 13.0 Å². The number of likely N-dealkylation sites (tertiary alicyclic amines) is 1. The fourth-order valence-corrected chi connectivity index (χ4v) is 3.53. The highest BCUT2D eigenvalue weighted by Gasteiger charge is 2.37. The highest BCUT2D eigenvalue weighted by molar-refractivity contribution is 6.03. The van der Waals surface area contributed by atoms with Crippen molar-refractivity contribution < 1.29 is 19.5 Å². The number of carbonyl (C=O) groups excluding carboxylic acids is 2. The van der Waals surface area contributed by atoms with E-state index in [1.54, 1.807) is 0 Å². The molecule has 1 rings (SSSR count). The zero-order valence-corrected chi connectivity index (χ0v) is 17.4. The van der Waals surface area contributed by atoms with Crippen LogP contribution in [0.4, 0.5) is 0 Å². The molecule has 1 aliphatic rings. The molecule has 0 bridgehead atoms. The Morgan fingerprint density at radius 2 is 1.79 bits per heavy atom. The van der Waals surface area contributed by atoms with E-state index in [-0.39, 0.29) is 24.2 Å². The van der Waals surface area contributed by atoms with E-state index < -0.39 is 12.0 Å². The molecule has 1 saturated heterocycles. The third kappa shape index (κ3) is 9.49. The van der Waals surface area contributed by atoms with Crippen LogP contribution in [0.5, 0.6) is 0 Å². The summed E-state index contributed by atoms with van der Waals surface area (Å²) in [6, 6.07) is -0.876. The lowest BCUT2D eigenvalue weighted by Gasteiger charge is -2.15. The Labute approximate surface area is 169 Å². The van der Waals surface area contributed by atoms with Crippen molar-refractivity contribution in [2.24, 2.45) is 11.7 Å². The molecule has 0 radical (unpaired) electrons. The van der Waals surface area contributed by atoms with Gasteiger partial charge < -0.3 is 10.8 Å². The number of aliphatic carboxylic acids is 1. The van der Waals surface area contributed by atoms with Crippen LogP contribution in [0, 0.1) is 5.92 Å². The van der Waals surface area contributed by atoms with Crippen molar-refractivity contribution in [3.8, 4) is 0 Å². The third-order valence-corrected chi connectivity index (χ3v) is 5.36. The minimum absolute atomic E-state index is 0.0897. The summed E-state index contributed by atoms with van der Waals surface area (Å²) in [5, 5.41) is 8.76. The summed E-state index contributed by atoms with van der Waals surface area (Å²) in [5.41, 5.74) is 5.46. The fourth-order valence-electron chi connectivity index (χ4n) is 3.53. The maximum atomic E-state index is 12.4. The number of imide groups is 1.